The molecule has 2 heterocycles. The molecule has 2 aliphatic heterocycles. The van der Waals surface area contributed by atoms with Gasteiger partial charge in [0, 0.05) is 18.8 Å². The van der Waals surface area contributed by atoms with Crippen LogP contribution in [-0.2, 0) is 19.6 Å². The van der Waals surface area contributed by atoms with E-state index in [4.69, 9.17) is 0 Å². The summed E-state index contributed by atoms with van der Waals surface area (Å²) in [5.41, 5.74) is -0.612. The first-order chi connectivity index (χ1) is 15.2. The summed E-state index contributed by atoms with van der Waals surface area (Å²) in [4.78, 5) is 39.2. The van der Waals surface area contributed by atoms with Crippen molar-refractivity contribution >= 4 is 33.6 Å². The maximum Gasteiger partial charge on any atom is 0.325 e. The van der Waals surface area contributed by atoms with E-state index in [1.54, 1.807) is 12.1 Å². The average Bonchev–Trinajstić information content (AvgIpc) is 3.01. The highest BCUT2D eigenvalue weighted by molar-refractivity contribution is 7.89. The molecule has 2 saturated heterocycles. The lowest BCUT2D eigenvalue weighted by Gasteiger charge is -2.36. The molecule has 1 aliphatic carbocycles. The molecular weight excluding hydrogens is 432 g/mol. The molecular formula is C22H30N4O5S. The first-order valence-corrected chi connectivity index (χ1v) is 12.7. The number of rotatable bonds is 5. The van der Waals surface area contributed by atoms with E-state index in [1.807, 2.05) is 6.92 Å². The normalized spacial score (nSPS) is 26.9. The smallest absolute Gasteiger partial charge is 0.324 e. The minimum absolute atomic E-state index is 0.0115. The van der Waals surface area contributed by atoms with Crippen LogP contribution < -0.4 is 10.6 Å². The van der Waals surface area contributed by atoms with Crippen molar-refractivity contribution in [2.75, 3.05) is 25.0 Å². The summed E-state index contributed by atoms with van der Waals surface area (Å²) in [6, 6.07) is 5.52. The highest BCUT2D eigenvalue weighted by Crippen LogP contribution is 2.38. The van der Waals surface area contributed by atoms with Crippen LogP contribution in [0, 0.1) is 5.92 Å². The Morgan fingerprint density at radius 3 is 2.62 bits per heavy atom. The summed E-state index contributed by atoms with van der Waals surface area (Å²) in [5.74, 6) is -0.898. The van der Waals surface area contributed by atoms with E-state index < -0.39 is 34.0 Å². The number of urea groups is 1. The maximum absolute atomic E-state index is 13.0. The van der Waals surface area contributed by atoms with Gasteiger partial charge in [0.1, 0.15) is 12.1 Å². The fraction of sp³-hybridized carbons (Fsp3) is 0.591. The van der Waals surface area contributed by atoms with Gasteiger partial charge in [-0.2, -0.15) is 4.31 Å². The van der Waals surface area contributed by atoms with Gasteiger partial charge >= 0.3 is 6.03 Å². The molecule has 9 nitrogen and oxygen atoms in total. The highest BCUT2D eigenvalue weighted by atomic mass is 32.2. The summed E-state index contributed by atoms with van der Waals surface area (Å²) in [7, 11) is -3.63. The van der Waals surface area contributed by atoms with Gasteiger partial charge in [0.2, 0.25) is 15.9 Å². The van der Waals surface area contributed by atoms with Crippen molar-refractivity contribution < 1.29 is 22.8 Å². The van der Waals surface area contributed by atoms with Gasteiger partial charge in [0.15, 0.2) is 0 Å². The molecule has 2 atom stereocenters. The van der Waals surface area contributed by atoms with Crippen LogP contribution in [0.3, 0.4) is 0 Å². The fourth-order valence-electron chi connectivity index (χ4n) is 4.97. The molecule has 32 heavy (non-hydrogen) atoms. The third-order valence-corrected chi connectivity index (χ3v) is 8.77. The molecule has 1 saturated carbocycles. The standard InChI is InChI=1S/C22H30N4O5S/c1-16-8-3-4-11-22(16)20(28)26(21(29)24-22)15-19(27)23-17-9-7-10-18(14-17)32(30,31)25-12-5-2-6-13-25/h7,9-10,14,16H,2-6,8,11-13,15H2,1H3,(H,23,27)(H,24,29)/t16-,22-/m1/s1. The topological polar surface area (TPSA) is 116 Å². The van der Waals surface area contributed by atoms with E-state index in [0.717, 1.165) is 43.4 Å². The van der Waals surface area contributed by atoms with Gasteiger partial charge in [-0.05, 0) is 49.8 Å². The molecule has 0 radical (unpaired) electrons. The zero-order chi connectivity index (χ0) is 22.9. The van der Waals surface area contributed by atoms with Crippen molar-refractivity contribution in [1.29, 1.82) is 0 Å². The minimum Gasteiger partial charge on any atom is -0.324 e. The van der Waals surface area contributed by atoms with Crippen molar-refractivity contribution in [3.63, 3.8) is 0 Å². The van der Waals surface area contributed by atoms with Gasteiger partial charge in [0.05, 0.1) is 4.90 Å². The Kier molecular flexibility index (Phi) is 6.26. The lowest BCUT2D eigenvalue weighted by molar-refractivity contribution is -0.136. The predicted molar refractivity (Wildman–Crippen MR) is 118 cm³/mol. The van der Waals surface area contributed by atoms with Crippen molar-refractivity contribution in [1.82, 2.24) is 14.5 Å². The number of carbonyl (C=O) groups excluding carboxylic acids is 3. The van der Waals surface area contributed by atoms with Crippen LogP contribution in [0.4, 0.5) is 10.5 Å². The first-order valence-electron chi connectivity index (χ1n) is 11.3. The SMILES string of the molecule is C[C@@H]1CCCC[C@@]12NC(=O)N(CC(=O)Nc1cccc(S(=O)(=O)N3CCCCC3)c1)C2=O. The van der Waals surface area contributed by atoms with E-state index >= 15 is 0 Å². The van der Waals surface area contributed by atoms with Crippen molar-refractivity contribution in [2.24, 2.45) is 5.92 Å². The van der Waals surface area contributed by atoms with Crippen LogP contribution >= 0.6 is 0 Å². The van der Waals surface area contributed by atoms with Crippen LogP contribution in [0.15, 0.2) is 29.2 Å². The second-order valence-electron chi connectivity index (χ2n) is 8.98. The average molecular weight is 463 g/mol. The summed E-state index contributed by atoms with van der Waals surface area (Å²) < 4.78 is 27.3. The number of imide groups is 1. The number of carbonyl (C=O) groups is 3. The molecule has 174 valence electrons. The number of amides is 4. The third-order valence-electron chi connectivity index (χ3n) is 6.87. The van der Waals surface area contributed by atoms with Gasteiger partial charge in [0.25, 0.3) is 5.91 Å². The molecule has 0 unspecified atom stereocenters. The van der Waals surface area contributed by atoms with Gasteiger partial charge in [-0.15, -0.1) is 0 Å². The lowest BCUT2D eigenvalue weighted by Crippen LogP contribution is -2.54. The molecule has 4 rings (SSSR count). The molecule has 2 N–H and O–H groups in total. The van der Waals surface area contributed by atoms with Crippen molar-refractivity contribution in [3.05, 3.63) is 24.3 Å². The number of anilines is 1. The second kappa shape index (κ2) is 8.82. The molecule has 1 aromatic carbocycles. The van der Waals surface area contributed by atoms with Gasteiger partial charge in [-0.1, -0.05) is 32.3 Å². The largest absolute Gasteiger partial charge is 0.325 e. The van der Waals surface area contributed by atoms with Crippen LogP contribution in [0.2, 0.25) is 0 Å². The molecule has 10 heteroatoms. The number of sulfonamides is 1. The molecule has 3 aliphatic rings. The zero-order valence-electron chi connectivity index (χ0n) is 18.3. The van der Waals surface area contributed by atoms with Crippen LogP contribution in [-0.4, -0.2) is 60.6 Å². The Morgan fingerprint density at radius 2 is 1.91 bits per heavy atom. The summed E-state index contributed by atoms with van der Waals surface area (Å²) in [6.07, 6.45) is 5.99. The van der Waals surface area contributed by atoms with Gasteiger partial charge in [-0.25, -0.2) is 13.2 Å². The van der Waals surface area contributed by atoms with E-state index in [9.17, 15) is 22.8 Å². The quantitative estimate of drug-likeness (QED) is 0.652. The van der Waals surface area contributed by atoms with Crippen LogP contribution in [0.5, 0.6) is 0 Å². The number of piperidine rings is 1. The maximum atomic E-state index is 13.0. The van der Waals surface area contributed by atoms with Gasteiger partial charge in [-0.3, -0.25) is 14.5 Å². The molecule has 0 aromatic heterocycles. The monoisotopic (exact) mass is 462 g/mol. The summed E-state index contributed by atoms with van der Waals surface area (Å²) in [6.45, 7) is 2.52. The van der Waals surface area contributed by atoms with Crippen LogP contribution in [0.1, 0.15) is 51.9 Å². The number of hydrogen-bond donors (Lipinski definition) is 2. The van der Waals surface area contributed by atoms with E-state index in [0.29, 0.717) is 25.2 Å². The number of hydrogen-bond acceptors (Lipinski definition) is 5. The Hall–Kier alpha value is -2.46. The van der Waals surface area contributed by atoms with E-state index in [-0.39, 0.29) is 16.7 Å². The summed E-state index contributed by atoms with van der Waals surface area (Å²) in [5, 5.41) is 5.46. The van der Waals surface area contributed by atoms with Crippen molar-refractivity contribution in [3.8, 4) is 0 Å². The molecule has 4 amide bonds. The van der Waals surface area contributed by atoms with E-state index in [2.05, 4.69) is 10.6 Å². The fourth-order valence-corrected chi connectivity index (χ4v) is 6.54. The minimum atomic E-state index is -3.63. The Labute approximate surface area is 188 Å². The molecule has 1 spiro atoms. The number of benzene rings is 1. The number of nitrogens with zero attached hydrogens (tertiary/aromatic N) is 2. The third kappa shape index (κ3) is 4.13. The highest BCUT2D eigenvalue weighted by Gasteiger charge is 2.55. The Bertz CT molecular complexity index is 1020. The Balaban J connectivity index is 1.44. The first kappa shape index (κ1) is 22.7. The van der Waals surface area contributed by atoms with Gasteiger partial charge < -0.3 is 10.6 Å². The predicted octanol–water partition coefficient (Wildman–Crippen LogP) is 2.30. The zero-order valence-corrected chi connectivity index (χ0v) is 19.1. The Morgan fingerprint density at radius 1 is 1.16 bits per heavy atom. The second-order valence-corrected chi connectivity index (χ2v) is 10.9. The lowest BCUT2D eigenvalue weighted by atomic mass is 9.73. The molecule has 0 bridgehead atoms. The number of nitrogens with one attached hydrogen (secondary N) is 2. The van der Waals surface area contributed by atoms with Crippen molar-refractivity contribution in [2.45, 2.75) is 62.3 Å². The van der Waals surface area contributed by atoms with E-state index in [1.165, 1.54) is 16.4 Å². The summed E-state index contributed by atoms with van der Waals surface area (Å²) >= 11 is 0. The van der Waals surface area contributed by atoms with Crippen LogP contribution in [0.25, 0.3) is 0 Å². The molecule has 3 fully saturated rings. The molecule has 1 aromatic rings.